The maximum atomic E-state index is 11.6. The van der Waals surface area contributed by atoms with Gasteiger partial charge in [-0.2, -0.15) is 0 Å². The molecular formula is C13H25NO3. The Morgan fingerprint density at radius 2 is 1.88 bits per heavy atom. The van der Waals surface area contributed by atoms with E-state index in [4.69, 9.17) is 9.47 Å². The normalized spacial score (nSPS) is 18.8. The summed E-state index contributed by atoms with van der Waals surface area (Å²) >= 11 is 0. The van der Waals surface area contributed by atoms with Crippen molar-refractivity contribution in [1.82, 2.24) is 5.32 Å². The average Bonchev–Trinajstić information content (AvgIpc) is 2.80. The minimum atomic E-state index is -0.0334. The van der Waals surface area contributed by atoms with Crippen molar-refractivity contribution in [1.29, 1.82) is 0 Å². The predicted molar refractivity (Wildman–Crippen MR) is 66.9 cm³/mol. The highest BCUT2D eigenvalue weighted by atomic mass is 16.7. The summed E-state index contributed by atoms with van der Waals surface area (Å²) in [5.41, 5.74) is 0. The number of hydrogen-bond donors (Lipinski definition) is 1. The molecule has 1 N–H and O–H groups in total. The summed E-state index contributed by atoms with van der Waals surface area (Å²) in [5.74, 6) is 0.394. The molecule has 0 aromatic heterocycles. The van der Waals surface area contributed by atoms with Crippen LogP contribution >= 0.6 is 0 Å². The van der Waals surface area contributed by atoms with Crippen molar-refractivity contribution in [2.75, 3.05) is 19.8 Å². The highest BCUT2D eigenvalue weighted by molar-refractivity contribution is 5.85. The van der Waals surface area contributed by atoms with Crippen LogP contribution in [0, 0.1) is 5.92 Å². The molecule has 1 heterocycles. The summed E-state index contributed by atoms with van der Waals surface area (Å²) in [6, 6.07) is -0.0334. The number of ketones is 1. The van der Waals surface area contributed by atoms with Crippen molar-refractivity contribution in [3.63, 3.8) is 0 Å². The molecule has 0 aromatic rings. The van der Waals surface area contributed by atoms with E-state index in [1.807, 2.05) is 20.8 Å². The van der Waals surface area contributed by atoms with Crippen LogP contribution in [0.1, 0.15) is 40.0 Å². The van der Waals surface area contributed by atoms with E-state index in [0.717, 1.165) is 39.0 Å². The Kier molecular flexibility index (Phi) is 6.70. The highest BCUT2D eigenvalue weighted by Crippen LogP contribution is 2.11. The van der Waals surface area contributed by atoms with Gasteiger partial charge >= 0.3 is 0 Å². The fourth-order valence-corrected chi connectivity index (χ4v) is 1.93. The van der Waals surface area contributed by atoms with E-state index in [-0.39, 0.29) is 24.0 Å². The molecule has 1 fully saturated rings. The third kappa shape index (κ3) is 5.61. The number of carbonyl (C=O) groups excluding carboxylic acids is 1. The zero-order valence-electron chi connectivity index (χ0n) is 11.2. The Morgan fingerprint density at radius 1 is 1.24 bits per heavy atom. The first-order chi connectivity index (χ1) is 8.11. The number of ether oxygens (including phenoxy) is 2. The van der Waals surface area contributed by atoms with Gasteiger partial charge in [0.25, 0.3) is 0 Å². The lowest BCUT2D eigenvalue weighted by atomic mass is 10.0. The summed E-state index contributed by atoms with van der Waals surface area (Å²) in [6.45, 7) is 8.15. The number of hydrogen-bond acceptors (Lipinski definition) is 4. The second kappa shape index (κ2) is 7.80. The first-order valence-electron chi connectivity index (χ1n) is 6.61. The number of Topliss-reactive ketones (excluding diaryl/α,β-unsaturated/α-hetero) is 1. The van der Waals surface area contributed by atoms with Gasteiger partial charge in [0.2, 0.25) is 0 Å². The molecule has 4 heteroatoms. The second-order valence-electron chi connectivity index (χ2n) is 4.90. The monoisotopic (exact) mass is 243 g/mol. The smallest absolute Gasteiger partial charge is 0.157 e. The predicted octanol–water partition coefficient (Wildman–Crippen LogP) is 1.73. The lowest BCUT2D eigenvalue weighted by Crippen LogP contribution is -2.37. The topological polar surface area (TPSA) is 47.6 Å². The number of rotatable bonds is 8. The molecule has 0 radical (unpaired) electrons. The Morgan fingerprint density at radius 3 is 2.47 bits per heavy atom. The quantitative estimate of drug-likeness (QED) is 0.660. The van der Waals surface area contributed by atoms with E-state index in [0.29, 0.717) is 0 Å². The molecule has 0 amide bonds. The van der Waals surface area contributed by atoms with Crippen LogP contribution in [0.5, 0.6) is 0 Å². The molecule has 1 aliphatic heterocycles. The van der Waals surface area contributed by atoms with Gasteiger partial charge in [0.15, 0.2) is 12.1 Å². The fourth-order valence-electron chi connectivity index (χ4n) is 1.93. The van der Waals surface area contributed by atoms with Gasteiger partial charge in [0, 0.05) is 5.92 Å². The van der Waals surface area contributed by atoms with E-state index in [9.17, 15) is 4.79 Å². The summed E-state index contributed by atoms with van der Waals surface area (Å²) in [5, 5.41) is 3.26. The number of unbranched alkanes of at least 4 members (excludes halogenated alkanes) is 1. The van der Waals surface area contributed by atoms with Gasteiger partial charge < -0.3 is 14.8 Å². The van der Waals surface area contributed by atoms with Gasteiger partial charge in [-0.05, 0) is 32.7 Å². The van der Waals surface area contributed by atoms with Crippen molar-refractivity contribution < 1.29 is 14.3 Å². The maximum absolute atomic E-state index is 11.6. The lowest BCUT2D eigenvalue weighted by molar-refractivity contribution is -0.123. The fraction of sp³-hybridized carbons (Fsp3) is 0.923. The first-order valence-corrected chi connectivity index (χ1v) is 6.61. The Hall–Kier alpha value is -0.450. The van der Waals surface area contributed by atoms with Gasteiger partial charge in [0.1, 0.15) is 0 Å². The van der Waals surface area contributed by atoms with Gasteiger partial charge in [0.05, 0.1) is 19.3 Å². The van der Waals surface area contributed by atoms with Crippen molar-refractivity contribution in [2.45, 2.75) is 52.4 Å². The first kappa shape index (κ1) is 14.6. The zero-order valence-corrected chi connectivity index (χ0v) is 11.2. The number of nitrogens with one attached hydrogen (secondary N) is 1. The van der Waals surface area contributed by atoms with Gasteiger partial charge in [-0.25, -0.2) is 0 Å². The van der Waals surface area contributed by atoms with E-state index >= 15 is 0 Å². The minimum Gasteiger partial charge on any atom is -0.350 e. The van der Waals surface area contributed by atoms with Crippen LogP contribution in [0.15, 0.2) is 0 Å². The van der Waals surface area contributed by atoms with Crippen molar-refractivity contribution >= 4 is 5.78 Å². The molecule has 4 nitrogen and oxygen atoms in total. The van der Waals surface area contributed by atoms with Crippen LogP contribution < -0.4 is 5.32 Å². The van der Waals surface area contributed by atoms with Crippen LogP contribution in [-0.4, -0.2) is 37.9 Å². The summed E-state index contributed by atoms with van der Waals surface area (Å²) in [4.78, 5) is 11.6. The van der Waals surface area contributed by atoms with Gasteiger partial charge in [-0.3, -0.25) is 4.79 Å². The molecule has 0 aromatic carbocycles. The molecule has 100 valence electrons. The molecule has 0 bridgehead atoms. The SMILES string of the molecule is CC(C)C(=O)C(C)NCCCCC1OCCO1. The van der Waals surface area contributed by atoms with E-state index in [2.05, 4.69) is 5.32 Å². The molecule has 0 spiro atoms. The van der Waals surface area contributed by atoms with Crippen LogP contribution in [0.2, 0.25) is 0 Å². The molecular weight excluding hydrogens is 218 g/mol. The molecule has 1 unspecified atom stereocenters. The lowest BCUT2D eigenvalue weighted by Gasteiger charge is -2.15. The summed E-state index contributed by atoms with van der Waals surface area (Å²) in [7, 11) is 0. The van der Waals surface area contributed by atoms with Crippen molar-refractivity contribution in [3.05, 3.63) is 0 Å². The minimum absolute atomic E-state index is 0.00437. The maximum Gasteiger partial charge on any atom is 0.157 e. The Labute approximate surface area is 104 Å². The van der Waals surface area contributed by atoms with Gasteiger partial charge in [-0.15, -0.1) is 0 Å². The summed E-state index contributed by atoms with van der Waals surface area (Å²) < 4.78 is 10.7. The van der Waals surface area contributed by atoms with E-state index < -0.39 is 0 Å². The largest absolute Gasteiger partial charge is 0.350 e. The summed E-state index contributed by atoms with van der Waals surface area (Å²) in [6.07, 6.45) is 3.08. The molecule has 1 saturated heterocycles. The molecule has 1 aliphatic rings. The van der Waals surface area contributed by atoms with E-state index in [1.54, 1.807) is 0 Å². The molecule has 0 saturated carbocycles. The Bertz CT molecular complexity index is 225. The third-order valence-corrected chi connectivity index (χ3v) is 3.00. The third-order valence-electron chi connectivity index (χ3n) is 3.00. The highest BCUT2D eigenvalue weighted by Gasteiger charge is 2.16. The molecule has 0 aliphatic carbocycles. The zero-order chi connectivity index (χ0) is 12.7. The van der Waals surface area contributed by atoms with Gasteiger partial charge in [-0.1, -0.05) is 13.8 Å². The molecule has 1 atom stereocenters. The molecule has 17 heavy (non-hydrogen) atoms. The van der Waals surface area contributed by atoms with Crippen LogP contribution in [0.3, 0.4) is 0 Å². The van der Waals surface area contributed by atoms with Crippen LogP contribution in [0.4, 0.5) is 0 Å². The van der Waals surface area contributed by atoms with E-state index in [1.165, 1.54) is 0 Å². The average molecular weight is 243 g/mol. The van der Waals surface area contributed by atoms with Crippen molar-refractivity contribution in [3.8, 4) is 0 Å². The van der Waals surface area contributed by atoms with Crippen molar-refractivity contribution in [2.24, 2.45) is 5.92 Å². The Balaban J connectivity index is 1.97. The molecule has 1 rings (SSSR count). The number of carbonyl (C=O) groups is 1. The standard InChI is InChI=1S/C13H25NO3/c1-10(2)13(15)11(3)14-7-5-4-6-12-16-8-9-17-12/h10-12,14H,4-9H2,1-3H3. The van der Waals surface area contributed by atoms with Crippen LogP contribution in [0.25, 0.3) is 0 Å². The second-order valence-corrected chi connectivity index (χ2v) is 4.90. The van der Waals surface area contributed by atoms with Crippen LogP contribution in [-0.2, 0) is 14.3 Å².